The molecular formula is C11H16N2OS. The Kier molecular flexibility index (Phi) is 3.88. The highest BCUT2D eigenvalue weighted by Crippen LogP contribution is 2.08. The zero-order valence-corrected chi connectivity index (χ0v) is 9.48. The van der Waals surface area contributed by atoms with Crippen LogP contribution < -0.4 is 10.6 Å². The first kappa shape index (κ1) is 10.8. The van der Waals surface area contributed by atoms with Crippen LogP contribution >= 0.6 is 11.3 Å². The number of thiophene rings is 1. The van der Waals surface area contributed by atoms with Gasteiger partial charge < -0.3 is 10.6 Å². The van der Waals surface area contributed by atoms with Crippen molar-refractivity contribution in [3.05, 3.63) is 22.4 Å². The second kappa shape index (κ2) is 5.39. The Labute approximate surface area is 93.9 Å². The van der Waals surface area contributed by atoms with Crippen LogP contribution in [0.4, 0.5) is 0 Å². The van der Waals surface area contributed by atoms with Gasteiger partial charge in [-0.25, -0.2) is 0 Å². The molecular weight excluding hydrogens is 208 g/mol. The summed E-state index contributed by atoms with van der Waals surface area (Å²) in [4.78, 5) is 12.5. The van der Waals surface area contributed by atoms with Crippen molar-refractivity contribution in [1.82, 2.24) is 10.6 Å². The number of carbonyl (C=O) groups excluding carboxylic acids is 1. The SMILES string of the molecule is O=C(CNC[C@@H]1CCCN1)c1cccs1. The van der Waals surface area contributed by atoms with E-state index in [-0.39, 0.29) is 5.78 Å². The van der Waals surface area contributed by atoms with E-state index in [4.69, 9.17) is 0 Å². The standard InChI is InChI=1S/C11H16N2OS/c14-10(11-4-2-6-15-11)8-12-7-9-3-1-5-13-9/h2,4,6,9,12-13H,1,3,5,7-8H2/t9-/m0/s1. The number of ketones is 1. The molecule has 3 nitrogen and oxygen atoms in total. The van der Waals surface area contributed by atoms with Crippen molar-refractivity contribution in [2.45, 2.75) is 18.9 Å². The Hall–Kier alpha value is -0.710. The molecule has 2 rings (SSSR count). The van der Waals surface area contributed by atoms with Crippen molar-refractivity contribution >= 4 is 17.1 Å². The summed E-state index contributed by atoms with van der Waals surface area (Å²) in [6.07, 6.45) is 2.48. The normalized spacial score (nSPS) is 20.7. The van der Waals surface area contributed by atoms with Gasteiger partial charge in [-0.2, -0.15) is 0 Å². The first-order valence-electron chi connectivity index (χ1n) is 5.37. The van der Waals surface area contributed by atoms with Gasteiger partial charge in [0.2, 0.25) is 0 Å². The molecule has 4 heteroatoms. The van der Waals surface area contributed by atoms with Gasteiger partial charge in [0.15, 0.2) is 5.78 Å². The van der Waals surface area contributed by atoms with Crippen LogP contribution in [0, 0.1) is 0 Å². The van der Waals surface area contributed by atoms with E-state index in [9.17, 15) is 4.79 Å². The van der Waals surface area contributed by atoms with E-state index in [1.54, 1.807) is 0 Å². The smallest absolute Gasteiger partial charge is 0.186 e. The number of hydrogen-bond acceptors (Lipinski definition) is 4. The van der Waals surface area contributed by atoms with Gasteiger partial charge in [-0.3, -0.25) is 4.79 Å². The molecule has 1 aromatic heterocycles. The predicted molar refractivity (Wildman–Crippen MR) is 62.5 cm³/mol. The zero-order valence-electron chi connectivity index (χ0n) is 8.66. The third kappa shape index (κ3) is 3.12. The molecule has 0 radical (unpaired) electrons. The van der Waals surface area contributed by atoms with Crippen LogP contribution in [0.25, 0.3) is 0 Å². The molecule has 2 N–H and O–H groups in total. The second-order valence-corrected chi connectivity index (χ2v) is 4.77. The van der Waals surface area contributed by atoms with E-state index >= 15 is 0 Å². The average molecular weight is 224 g/mol. The number of Topliss-reactive ketones (excluding diaryl/α,β-unsaturated/α-hetero) is 1. The summed E-state index contributed by atoms with van der Waals surface area (Å²) in [5.41, 5.74) is 0. The fourth-order valence-electron chi connectivity index (χ4n) is 1.82. The van der Waals surface area contributed by atoms with Crippen molar-refractivity contribution in [1.29, 1.82) is 0 Å². The van der Waals surface area contributed by atoms with E-state index in [1.807, 2.05) is 17.5 Å². The molecule has 0 amide bonds. The Balaban J connectivity index is 1.67. The van der Waals surface area contributed by atoms with Crippen LogP contribution in [0.15, 0.2) is 17.5 Å². The first-order valence-corrected chi connectivity index (χ1v) is 6.25. The summed E-state index contributed by atoms with van der Waals surface area (Å²) in [5, 5.41) is 8.54. The van der Waals surface area contributed by atoms with E-state index in [0.29, 0.717) is 12.6 Å². The Morgan fingerprint density at radius 3 is 3.27 bits per heavy atom. The molecule has 15 heavy (non-hydrogen) atoms. The van der Waals surface area contributed by atoms with Crippen molar-refractivity contribution < 1.29 is 4.79 Å². The molecule has 1 aliphatic heterocycles. The summed E-state index contributed by atoms with van der Waals surface area (Å²) in [7, 11) is 0. The number of hydrogen-bond donors (Lipinski definition) is 2. The molecule has 0 spiro atoms. The van der Waals surface area contributed by atoms with Crippen LogP contribution in [0.5, 0.6) is 0 Å². The molecule has 0 aliphatic carbocycles. The highest BCUT2D eigenvalue weighted by Gasteiger charge is 2.14. The maximum atomic E-state index is 11.6. The minimum absolute atomic E-state index is 0.197. The lowest BCUT2D eigenvalue weighted by atomic mass is 10.2. The fourth-order valence-corrected chi connectivity index (χ4v) is 2.48. The topological polar surface area (TPSA) is 41.1 Å². The van der Waals surface area contributed by atoms with Gasteiger partial charge in [-0.15, -0.1) is 11.3 Å². The van der Waals surface area contributed by atoms with Gasteiger partial charge in [-0.05, 0) is 30.8 Å². The average Bonchev–Trinajstić information content (AvgIpc) is 2.90. The molecule has 1 saturated heterocycles. The lowest BCUT2D eigenvalue weighted by molar-refractivity contribution is 0.0994. The number of carbonyl (C=O) groups is 1. The quantitative estimate of drug-likeness (QED) is 0.740. The summed E-state index contributed by atoms with van der Waals surface area (Å²) in [6.45, 7) is 2.47. The van der Waals surface area contributed by atoms with Crippen LogP contribution in [0.1, 0.15) is 22.5 Å². The third-order valence-electron chi connectivity index (χ3n) is 2.63. The molecule has 1 aliphatic rings. The first-order chi connectivity index (χ1) is 7.36. The highest BCUT2D eigenvalue weighted by atomic mass is 32.1. The highest BCUT2D eigenvalue weighted by molar-refractivity contribution is 7.12. The predicted octanol–water partition coefficient (Wildman–Crippen LogP) is 1.27. The van der Waals surface area contributed by atoms with Gasteiger partial charge in [0, 0.05) is 12.6 Å². The molecule has 1 atom stereocenters. The number of rotatable bonds is 5. The summed E-state index contributed by atoms with van der Waals surface area (Å²) < 4.78 is 0. The Morgan fingerprint density at radius 2 is 2.60 bits per heavy atom. The lowest BCUT2D eigenvalue weighted by Crippen LogP contribution is -2.36. The van der Waals surface area contributed by atoms with Crippen molar-refractivity contribution in [3.63, 3.8) is 0 Å². The lowest BCUT2D eigenvalue weighted by Gasteiger charge is -2.10. The van der Waals surface area contributed by atoms with E-state index in [0.717, 1.165) is 18.0 Å². The molecule has 0 aromatic carbocycles. The maximum absolute atomic E-state index is 11.6. The monoisotopic (exact) mass is 224 g/mol. The Morgan fingerprint density at radius 1 is 1.67 bits per heavy atom. The molecule has 1 fully saturated rings. The van der Waals surface area contributed by atoms with Crippen molar-refractivity contribution in [3.8, 4) is 0 Å². The largest absolute Gasteiger partial charge is 0.313 e. The molecule has 2 heterocycles. The van der Waals surface area contributed by atoms with Gasteiger partial charge in [0.05, 0.1) is 11.4 Å². The Bertz CT molecular complexity index is 304. The maximum Gasteiger partial charge on any atom is 0.186 e. The minimum Gasteiger partial charge on any atom is -0.313 e. The van der Waals surface area contributed by atoms with Gasteiger partial charge in [0.25, 0.3) is 0 Å². The van der Waals surface area contributed by atoms with E-state index in [1.165, 1.54) is 24.2 Å². The summed E-state index contributed by atoms with van der Waals surface area (Å²) in [5.74, 6) is 0.197. The van der Waals surface area contributed by atoms with Crippen molar-refractivity contribution in [2.24, 2.45) is 0 Å². The summed E-state index contributed by atoms with van der Waals surface area (Å²) >= 11 is 1.51. The van der Waals surface area contributed by atoms with E-state index in [2.05, 4.69) is 10.6 Å². The van der Waals surface area contributed by atoms with Crippen molar-refractivity contribution in [2.75, 3.05) is 19.6 Å². The molecule has 0 bridgehead atoms. The van der Waals surface area contributed by atoms with Crippen LogP contribution in [0.2, 0.25) is 0 Å². The molecule has 0 unspecified atom stereocenters. The second-order valence-electron chi connectivity index (χ2n) is 3.82. The summed E-state index contributed by atoms with van der Waals surface area (Å²) in [6, 6.07) is 4.35. The fraction of sp³-hybridized carbons (Fsp3) is 0.545. The molecule has 0 saturated carbocycles. The van der Waals surface area contributed by atoms with Crippen LogP contribution in [0.3, 0.4) is 0 Å². The van der Waals surface area contributed by atoms with Gasteiger partial charge in [-0.1, -0.05) is 6.07 Å². The van der Waals surface area contributed by atoms with Gasteiger partial charge >= 0.3 is 0 Å². The van der Waals surface area contributed by atoms with Gasteiger partial charge in [0.1, 0.15) is 0 Å². The third-order valence-corrected chi connectivity index (χ3v) is 3.55. The van der Waals surface area contributed by atoms with Crippen LogP contribution in [-0.4, -0.2) is 31.5 Å². The number of nitrogens with one attached hydrogen (secondary N) is 2. The zero-order chi connectivity index (χ0) is 10.5. The minimum atomic E-state index is 0.197. The molecule has 82 valence electrons. The molecule has 1 aromatic rings. The van der Waals surface area contributed by atoms with Crippen LogP contribution in [-0.2, 0) is 0 Å². The van der Waals surface area contributed by atoms with E-state index < -0.39 is 0 Å².